The van der Waals surface area contributed by atoms with E-state index in [9.17, 15) is 4.79 Å². The lowest BCUT2D eigenvalue weighted by molar-refractivity contribution is 0.0691. The van der Waals surface area contributed by atoms with Crippen LogP contribution in [0.4, 0.5) is 0 Å². The van der Waals surface area contributed by atoms with E-state index in [1.165, 1.54) is 6.07 Å². The van der Waals surface area contributed by atoms with Crippen LogP contribution in [0.15, 0.2) is 47.1 Å². The number of carbonyl (C=O) groups is 1. The van der Waals surface area contributed by atoms with E-state index in [-0.39, 0.29) is 12.2 Å². The molecule has 0 unspecified atom stereocenters. The van der Waals surface area contributed by atoms with Crippen LogP contribution in [0.1, 0.15) is 16.1 Å². The van der Waals surface area contributed by atoms with Crippen molar-refractivity contribution >= 4 is 5.97 Å². The minimum absolute atomic E-state index is 0.147. The van der Waals surface area contributed by atoms with Crippen LogP contribution in [0.2, 0.25) is 0 Å². The predicted octanol–water partition coefficient (Wildman–Crippen LogP) is 2.56. The van der Waals surface area contributed by atoms with Gasteiger partial charge in [-0.15, -0.1) is 0 Å². The lowest BCUT2D eigenvalue weighted by Gasteiger charge is -2.06. The number of carboxylic acid groups (broad SMARTS) is 1. The highest BCUT2D eigenvalue weighted by atomic mass is 16.5. The van der Waals surface area contributed by atoms with Gasteiger partial charge in [-0.3, -0.25) is 0 Å². The molecule has 0 fully saturated rings. The third-order valence-corrected chi connectivity index (χ3v) is 2.07. The Morgan fingerprint density at radius 1 is 1.25 bits per heavy atom. The van der Waals surface area contributed by atoms with E-state index < -0.39 is 5.97 Å². The largest absolute Gasteiger partial charge is 0.485 e. The SMILES string of the molecule is O=C(O)c1ccccc1OCc1ccco1. The molecule has 0 bridgehead atoms. The fourth-order valence-electron chi connectivity index (χ4n) is 1.31. The summed E-state index contributed by atoms with van der Waals surface area (Å²) in [4.78, 5) is 10.9. The summed E-state index contributed by atoms with van der Waals surface area (Å²) >= 11 is 0. The first-order chi connectivity index (χ1) is 7.77. The Hall–Kier alpha value is -2.23. The van der Waals surface area contributed by atoms with Crippen molar-refractivity contribution in [3.63, 3.8) is 0 Å². The molecule has 4 nitrogen and oxygen atoms in total. The van der Waals surface area contributed by atoms with Crippen LogP contribution in [0, 0.1) is 0 Å². The lowest BCUT2D eigenvalue weighted by Crippen LogP contribution is -2.02. The number of benzene rings is 1. The zero-order chi connectivity index (χ0) is 11.4. The number of ether oxygens (including phenoxy) is 1. The van der Waals surface area contributed by atoms with Crippen molar-refractivity contribution in [2.75, 3.05) is 0 Å². The summed E-state index contributed by atoms with van der Waals surface area (Å²) in [5.74, 6) is -0.0124. The summed E-state index contributed by atoms with van der Waals surface area (Å²) in [6, 6.07) is 10.0. The maximum absolute atomic E-state index is 10.9. The van der Waals surface area contributed by atoms with Gasteiger partial charge in [-0.05, 0) is 24.3 Å². The number of para-hydroxylation sites is 1. The molecule has 0 saturated heterocycles. The van der Waals surface area contributed by atoms with Crippen molar-refractivity contribution in [3.05, 3.63) is 54.0 Å². The van der Waals surface area contributed by atoms with E-state index in [4.69, 9.17) is 14.3 Å². The Kier molecular flexibility index (Phi) is 2.91. The molecule has 4 heteroatoms. The molecule has 2 aromatic rings. The van der Waals surface area contributed by atoms with Gasteiger partial charge in [0.1, 0.15) is 23.7 Å². The molecule has 0 aliphatic rings. The number of carboxylic acids is 1. The minimum Gasteiger partial charge on any atom is -0.485 e. The van der Waals surface area contributed by atoms with Gasteiger partial charge in [-0.2, -0.15) is 0 Å². The molecule has 0 radical (unpaired) electrons. The normalized spacial score (nSPS) is 10.0. The quantitative estimate of drug-likeness (QED) is 0.856. The maximum atomic E-state index is 10.9. The zero-order valence-electron chi connectivity index (χ0n) is 8.42. The van der Waals surface area contributed by atoms with Gasteiger partial charge in [-0.25, -0.2) is 4.79 Å². The Balaban J connectivity index is 2.12. The summed E-state index contributed by atoms with van der Waals surface area (Å²) in [7, 11) is 0. The van der Waals surface area contributed by atoms with Crippen LogP contribution in [-0.2, 0) is 6.61 Å². The van der Waals surface area contributed by atoms with Crippen molar-refractivity contribution in [1.29, 1.82) is 0 Å². The Bertz CT molecular complexity index is 474. The van der Waals surface area contributed by atoms with Gasteiger partial charge in [0.2, 0.25) is 0 Å². The molecular formula is C12H10O4. The number of aromatic carboxylic acids is 1. The second-order valence-electron chi connectivity index (χ2n) is 3.17. The molecule has 0 atom stereocenters. The van der Waals surface area contributed by atoms with Crippen molar-refractivity contribution in [3.8, 4) is 5.75 Å². The fraction of sp³-hybridized carbons (Fsp3) is 0.0833. The van der Waals surface area contributed by atoms with Crippen molar-refractivity contribution in [2.45, 2.75) is 6.61 Å². The molecule has 0 amide bonds. The molecule has 1 aromatic heterocycles. The van der Waals surface area contributed by atoms with Crippen LogP contribution < -0.4 is 4.74 Å². The number of furan rings is 1. The van der Waals surface area contributed by atoms with Gasteiger partial charge in [0.25, 0.3) is 0 Å². The summed E-state index contributed by atoms with van der Waals surface area (Å²) < 4.78 is 10.5. The highest BCUT2D eigenvalue weighted by Crippen LogP contribution is 2.19. The van der Waals surface area contributed by atoms with Gasteiger partial charge >= 0.3 is 5.97 Å². The van der Waals surface area contributed by atoms with Gasteiger partial charge in [0.05, 0.1) is 6.26 Å². The second-order valence-corrected chi connectivity index (χ2v) is 3.17. The van der Waals surface area contributed by atoms with E-state index in [1.807, 2.05) is 0 Å². The van der Waals surface area contributed by atoms with E-state index in [2.05, 4.69) is 0 Å². The van der Waals surface area contributed by atoms with Gasteiger partial charge in [-0.1, -0.05) is 12.1 Å². The molecule has 16 heavy (non-hydrogen) atoms. The first kappa shape index (κ1) is 10.3. The third-order valence-electron chi connectivity index (χ3n) is 2.07. The van der Waals surface area contributed by atoms with Crippen molar-refractivity contribution < 1.29 is 19.1 Å². The lowest BCUT2D eigenvalue weighted by atomic mass is 10.2. The highest BCUT2D eigenvalue weighted by Gasteiger charge is 2.10. The van der Waals surface area contributed by atoms with Crippen molar-refractivity contribution in [2.24, 2.45) is 0 Å². The van der Waals surface area contributed by atoms with Crippen LogP contribution >= 0.6 is 0 Å². The molecule has 1 heterocycles. The summed E-state index contributed by atoms with van der Waals surface area (Å²) in [5, 5.41) is 8.92. The average Bonchev–Trinajstić information content (AvgIpc) is 2.79. The highest BCUT2D eigenvalue weighted by molar-refractivity contribution is 5.90. The summed E-state index contributed by atoms with van der Waals surface area (Å²) in [6.07, 6.45) is 1.54. The number of hydrogen-bond acceptors (Lipinski definition) is 3. The Morgan fingerprint density at radius 2 is 2.06 bits per heavy atom. The first-order valence-corrected chi connectivity index (χ1v) is 4.75. The number of rotatable bonds is 4. The molecule has 0 saturated carbocycles. The van der Waals surface area contributed by atoms with E-state index in [0.29, 0.717) is 11.5 Å². The standard InChI is InChI=1S/C12H10O4/c13-12(14)10-5-1-2-6-11(10)16-8-9-4-3-7-15-9/h1-7H,8H2,(H,13,14). The molecule has 0 aliphatic carbocycles. The second kappa shape index (κ2) is 4.53. The summed E-state index contributed by atoms with van der Waals surface area (Å²) in [5.41, 5.74) is 0.147. The van der Waals surface area contributed by atoms with Crippen molar-refractivity contribution in [1.82, 2.24) is 0 Å². The van der Waals surface area contributed by atoms with Crippen LogP contribution in [0.5, 0.6) is 5.75 Å². The Labute approximate surface area is 92.1 Å². The van der Waals surface area contributed by atoms with E-state index in [1.54, 1.807) is 36.6 Å². The third kappa shape index (κ3) is 2.23. The fourth-order valence-corrected chi connectivity index (χ4v) is 1.31. The Morgan fingerprint density at radius 3 is 2.75 bits per heavy atom. The maximum Gasteiger partial charge on any atom is 0.339 e. The van der Waals surface area contributed by atoms with Crippen LogP contribution in [0.3, 0.4) is 0 Å². The summed E-state index contributed by atoms with van der Waals surface area (Å²) in [6.45, 7) is 0.220. The molecule has 2 rings (SSSR count). The molecule has 1 aromatic carbocycles. The topological polar surface area (TPSA) is 59.7 Å². The first-order valence-electron chi connectivity index (χ1n) is 4.75. The molecule has 0 aliphatic heterocycles. The molecule has 82 valence electrons. The smallest absolute Gasteiger partial charge is 0.339 e. The monoisotopic (exact) mass is 218 g/mol. The van der Waals surface area contributed by atoms with Crippen LogP contribution in [0.25, 0.3) is 0 Å². The molecule has 1 N–H and O–H groups in total. The number of hydrogen-bond donors (Lipinski definition) is 1. The van der Waals surface area contributed by atoms with Gasteiger partial charge in [0.15, 0.2) is 0 Å². The average molecular weight is 218 g/mol. The predicted molar refractivity (Wildman–Crippen MR) is 56.4 cm³/mol. The van der Waals surface area contributed by atoms with Gasteiger partial charge in [0, 0.05) is 0 Å². The van der Waals surface area contributed by atoms with Gasteiger partial charge < -0.3 is 14.3 Å². The van der Waals surface area contributed by atoms with E-state index in [0.717, 1.165) is 0 Å². The zero-order valence-corrected chi connectivity index (χ0v) is 8.42. The molecular weight excluding hydrogens is 208 g/mol. The minimum atomic E-state index is -1.00. The van der Waals surface area contributed by atoms with E-state index >= 15 is 0 Å². The molecule has 0 spiro atoms. The van der Waals surface area contributed by atoms with Crippen LogP contribution in [-0.4, -0.2) is 11.1 Å².